The molecule has 0 bridgehead atoms. The predicted molar refractivity (Wildman–Crippen MR) is 158 cm³/mol. The number of hydrogen-bond acceptors (Lipinski definition) is 7. The average molecular weight is 626 g/mol. The van der Waals surface area contributed by atoms with Crippen LogP contribution >= 0.6 is 0 Å². The van der Waals surface area contributed by atoms with Crippen LogP contribution in [0.5, 0.6) is 0 Å². The molecule has 44 heavy (non-hydrogen) atoms. The van der Waals surface area contributed by atoms with Crippen molar-refractivity contribution in [3.8, 4) is 0 Å². The van der Waals surface area contributed by atoms with Gasteiger partial charge < -0.3 is 30.5 Å². The molecule has 0 radical (unpaired) electrons. The van der Waals surface area contributed by atoms with E-state index in [1.807, 2.05) is 0 Å². The number of hydrogen-bond donors (Lipinski definition) is 4. The minimum Gasteiger partial charge on any atom is -0.481 e. The van der Waals surface area contributed by atoms with Crippen molar-refractivity contribution in [2.75, 3.05) is 0 Å². The molecule has 2 spiro atoms. The molecule has 250 valence electrons. The van der Waals surface area contributed by atoms with Gasteiger partial charge in [0.05, 0.1) is 29.8 Å². The number of carbonyl (C=O) groups excluding carboxylic acids is 1. The fourth-order valence-corrected chi connectivity index (χ4v) is 12.6. The van der Waals surface area contributed by atoms with Gasteiger partial charge in [0.2, 0.25) is 0 Å². The highest BCUT2D eigenvalue weighted by Gasteiger charge is 2.86. The Bertz CT molecular complexity index is 1240. The van der Waals surface area contributed by atoms with Crippen molar-refractivity contribution in [2.24, 2.45) is 50.6 Å². The summed E-state index contributed by atoms with van der Waals surface area (Å²) < 4.78 is 44.1. The van der Waals surface area contributed by atoms with E-state index in [0.29, 0.717) is 25.7 Å². The number of nitrogens with two attached hydrogens (primary N) is 1. The van der Waals surface area contributed by atoms with Crippen molar-refractivity contribution >= 4 is 11.9 Å². The topological polar surface area (TPSA) is 139 Å². The summed E-state index contributed by atoms with van der Waals surface area (Å²) in [6.07, 6.45) is 2.56. The highest BCUT2D eigenvalue weighted by Crippen LogP contribution is 2.90. The third-order valence-electron chi connectivity index (χ3n) is 14.8. The van der Waals surface area contributed by atoms with E-state index >= 15 is 8.78 Å². The second-order valence-electron chi connectivity index (χ2n) is 17.6. The van der Waals surface area contributed by atoms with Crippen LogP contribution in [0.4, 0.5) is 8.78 Å². The third-order valence-corrected chi connectivity index (χ3v) is 14.8. The number of rotatable bonds is 6. The molecule has 5 aliphatic carbocycles. The van der Waals surface area contributed by atoms with Gasteiger partial charge in [0.25, 0.3) is 5.92 Å². The van der Waals surface area contributed by atoms with Gasteiger partial charge in [-0.15, -0.1) is 0 Å². The number of carboxylic acids is 1. The number of aliphatic hydroxyl groups excluding tert-OH is 1. The van der Waals surface area contributed by atoms with Crippen LogP contribution in [-0.4, -0.2) is 68.7 Å². The molecule has 12 atom stereocenters. The molecular weight excluding hydrogens is 572 g/mol. The number of alkyl halides is 2. The quantitative estimate of drug-likeness (QED) is 0.301. The van der Waals surface area contributed by atoms with E-state index in [2.05, 4.69) is 20.8 Å². The maximum Gasteiger partial charge on any atom is 0.323 e. The summed E-state index contributed by atoms with van der Waals surface area (Å²) in [6, 6.07) is -1.38. The summed E-state index contributed by atoms with van der Waals surface area (Å²) in [4.78, 5) is 24.5. The van der Waals surface area contributed by atoms with Gasteiger partial charge in [-0.2, -0.15) is 0 Å². The van der Waals surface area contributed by atoms with Crippen LogP contribution in [-0.2, 0) is 19.1 Å². The van der Waals surface area contributed by atoms with E-state index in [0.717, 1.165) is 25.7 Å². The van der Waals surface area contributed by atoms with E-state index in [-0.39, 0.29) is 40.6 Å². The largest absolute Gasteiger partial charge is 0.481 e. The van der Waals surface area contributed by atoms with Crippen molar-refractivity contribution in [2.45, 2.75) is 154 Å². The van der Waals surface area contributed by atoms with Gasteiger partial charge in [0.15, 0.2) is 0 Å². The van der Waals surface area contributed by atoms with Crippen molar-refractivity contribution in [3.63, 3.8) is 0 Å². The second kappa shape index (κ2) is 9.38. The Morgan fingerprint density at radius 1 is 1.00 bits per heavy atom. The Kier molecular flexibility index (Phi) is 6.94. The lowest BCUT2D eigenvalue weighted by Gasteiger charge is -2.65. The van der Waals surface area contributed by atoms with Crippen LogP contribution in [0.2, 0.25) is 0 Å². The van der Waals surface area contributed by atoms with E-state index in [9.17, 15) is 24.9 Å². The van der Waals surface area contributed by atoms with Crippen molar-refractivity contribution in [3.05, 3.63) is 0 Å². The van der Waals surface area contributed by atoms with Crippen molar-refractivity contribution in [1.82, 2.24) is 0 Å². The number of ether oxygens (including phenoxy) is 2. The van der Waals surface area contributed by atoms with Crippen LogP contribution in [0.15, 0.2) is 0 Å². The fraction of sp³-hybridized carbons (Fsp3) is 0.941. The van der Waals surface area contributed by atoms with Crippen LogP contribution in [0.1, 0.15) is 113 Å². The number of aliphatic carboxylic acids is 1. The smallest absolute Gasteiger partial charge is 0.323 e. The zero-order chi connectivity index (χ0) is 32.7. The molecule has 6 aliphatic rings. The minimum atomic E-state index is -2.94. The summed E-state index contributed by atoms with van der Waals surface area (Å²) in [6.45, 7) is 13.3. The molecule has 8 nitrogen and oxygen atoms in total. The summed E-state index contributed by atoms with van der Waals surface area (Å²) in [5.41, 5.74) is 1.51. The van der Waals surface area contributed by atoms with Gasteiger partial charge in [0.1, 0.15) is 12.1 Å². The Balaban J connectivity index is 1.39. The lowest BCUT2D eigenvalue weighted by molar-refractivity contribution is -0.252. The molecular formula is C34H53F2NO7. The highest BCUT2D eigenvalue weighted by atomic mass is 19.3. The van der Waals surface area contributed by atoms with Crippen molar-refractivity contribution < 1.29 is 43.2 Å². The summed E-state index contributed by atoms with van der Waals surface area (Å²) in [5.74, 6) is -5.79. The molecule has 6 rings (SSSR count). The molecule has 0 aromatic rings. The zero-order valence-electron chi connectivity index (χ0n) is 27.4. The van der Waals surface area contributed by atoms with E-state index in [4.69, 9.17) is 15.2 Å². The second-order valence-corrected chi connectivity index (χ2v) is 17.6. The number of esters is 1. The number of halogens is 2. The zero-order valence-corrected chi connectivity index (χ0v) is 27.4. The number of aliphatic hydroxyl groups is 2. The van der Waals surface area contributed by atoms with E-state index in [1.54, 1.807) is 27.7 Å². The Hall–Kier alpha value is -1.36. The van der Waals surface area contributed by atoms with Gasteiger partial charge in [-0.1, -0.05) is 27.7 Å². The predicted octanol–water partition coefficient (Wildman–Crippen LogP) is 5.06. The maximum absolute atomic E-state index is 15.7. The molecule has 0 aromatic heterocycles. The first kappa shape index (κ1) is 32.6. The molecule has 5 saturated carbocycles. The number of carbonyl (C=O) groups is 2. The standard InChI is InChI=1S/C34H53F2NO7/c1-27(2)25-20(43-26(41)18(37)14-23(39)40)15-21-30(6)16-19(38)24(31(7)9-8-22(44-31)28(3,4)42)29(30,5)10-11-32(21)17-33(25,32)12-13-34(27,35)36/h18-22,24-25,38,42H,8-17,37H2,1-7H3,(H,39,40)/t18-,19-,20-,21-,22?,24-,25-,29+,30-,31-,32-,33+/m0/s1. The monoisotopic (exact) mass is 625 g/mol. The Morgan fingerprint density at radius 2 is 1.64 bits per heavy atom. The lowest BCUT2D eigenvalue weighted by Crippen LogP contribution is -2.64. The van der Waals surface area contributed by atoms with Crippen LogP contribution < -0.4 is 5.73 Å². The molecule has 6 fully saturated rings. The molecule has 1 saturated heterocycles. The molecule has 0 aromatic carbocycles. The molecule has 1 unspecified atom stereocenters. The molecule has 1 heterocycles. The van der Waals surface area contributed by atoms with E-state index in [1.165, 1.54) is 0 Å². The highest BCUT2D eigenvalue weighted by molar-refractivity contribution is 5.81. The number of carboxylic acid groups (broad SMARTS) is 1. The maximum atomic E-state index is 15.7. The molecule has 1 aliphatic heterocycles. The van der Waals surface area contributed by atoms with Crippen LogP contribution in [0, 0.1) is 44.8 Å². The Labute approximate surface area is 259 Å². The normalized spacial score (nSPS) is 50.9. The fourth-order valence-electron chi connectivity index (χ4n) is 12.6. The first-order valence-electron chi connectivity index (χ1n) is 16.7. The van der Waals surface area contributed by atoms with Gasteiger partial charge in [-0.25, -0.2) is 8.78 Å². The van der Waals surface area contributed by atoms with Crippen LogP contribution in [0.3, 0.4) is 0 Å². The van der Waals surface area contributed by atoms with Crippen molar-refractivity contribution in [1.29, 1.82) is 0 Å². The Morgan fingerprint density at radius 3 is 2.23 bits per heavy atom. The first-order chi connectivity index (χ1) is 20.0. The molecule has 10 heteroatoms. The molecule has 5 N–H and O–H groups in total. The summed E-state index contributed by atoms with van der Waals surface area (Å²) in [5, 5.41) is 31.9. The van der Waals surface area contributed by atoms with Gasteiger partial charge in [-0.3, -0.25) is 9.59 Å². The lowest BCUT2D eigenvalue weighted by atomic mass is 9.41. The van der Waals surface area contributed by atoms with Crippen LogP contribution in [0.25, 0.3) is 0 Å². The summed E-state index contributed by atoms with van der Waals surface area (Å²) >= 11 is 0. The summed E-state index contributed by atoms with van der Waals surface area (Å²) in [7, 11) is 0. The van der Waals surface area contributed by atoms with Gasteiger partial charge in [-0.05, 0) is 99.7 Å². The molecule has 0 amide bonds. The van der Waals surface area contributed by atoms with E-state index < -0.39 is 70.5 Å². The minimum absolute atomic E-state index is 0.00996. The number of fused-ring (bicyclic) bond motifs is 2. The third kappa shape index (κ3) is 4.05. The average Bonchev–Trinajstić information content (AvgIpc) is 3.25. The van der Waals surface area contributed by atoms with Gasteiger partial charge >= 0.3 is 11.9 Å². The van der Waals surface area contributed by atoms with Gasteiger partial charge in [0, 0.05) is 23.7 Å². The SMILES string of the molecule is CC(C)(O)C1CC[C@@](C)([C@H]2[C@@H](O)C[C@@]3(C)[C@@H]4C[C@H](OC(=O)[C@@H](N)CC(=O)O)[C@H]5C(C)(C)C(F)(F)CC[C@@]56C[C@@]46CC[C@]23C)O1. The first-order valence-corrected chi connectivity index (χ1v) is 16.7.